The summed E-state index contributed by atoms with van der Waals surface area (Å²) in [7, 11) is 0. The van der Waals surface area contributed by atoms with Gasteiger partial charge in [0.25, 0.3) is 6.43 Å². The number of pyridine rings is 1. The largest absolute Gasteiger partial charge is 0.573 e. The molecule has 0 fully saturated rings. The molecular weight excluding hydrogens is 392 g/mol. The number of carbonyl (C=O) groups is 1. The normalized spacial score (nSPS) is 11.7. The van der Waals surface area contributed by atoms with Gasteiger partial charge in [-0.25, -0.2) is 8.78 Å². The Bertz CT molecular complexity index is 491. The first-order valence-electron chi connectivity index (χ1n) is 4.54. The van der Waals surface area contributed by atoms with Gasteiger partial charge < -0.3 is 9.84 Å². The smallest absolute Gasteiger partial charge is 0.481 e. The lowest BCUT2D eigenvalue weighted by Crippen LogP contribution is -2.20. The molecule has 1 aromatic heterocycles. The Hall–Kier alpha value is -1.20. The van der Waals surface area contributed by atoms with Crippen molar-refractivity contribution in [2.75, 3.05) is 0 Å². The molecule has 19 heavy (non-hydrogen) atoms. The van der Waals surface area contributed by atoms with E-state index in [1.54, 1.807) is 0 Å². The molecule has 0 aromatic carbocycles. The van der Waals surface area contributed by atoms with E-state index in [-0.39, 0.29) is 9.13 Å². The molecule has 0 saturated carbocycles. The zero-order chi connectivity index (χ0) is 14.8. The molecular formula is C9H5F5INO3. The van der Waals surface area contributed by atoms with E-state index in [4.69, 9.17) is 5.11 Å². The number of ether oxygens (including phenoxy) is 1. The molecule has 0 bridgehead atoms. The molecule has 0 spiro atoms. The molecule has 0 aliphatic heterocycles. The lowest BCUT2D eigenvalue weighted by Gasteiger charge is -2.15. The molecule has 0 aliphatic carbocycles. The Morgan fingerprint density at radius 3 is 2.47 bits per heavy atom. The van der Waals surface area contributed by atoms with Gasteiger partial charge in [-0.3, -0.25) is 9.78 Å². The second-order valence-electron chi connectivity index (χ2n) is 3.23. The van der Waals surface area contributed by atoms with Crippen LogP contribution in [-0.2, 0) is 11.2 Å². The fourth-order valence-corrected chi connectivity index (χ4v) is 1.89. The molecule has 4 nitrogen and oxygen atoms in total. The Morgan fingerprint density at radius 2 is 2.05 bits per heavy atom. The number of halogens is 6. The number of rotatable bonds is 4. The number of hydrogen-bond acceptors (Lipinski definition) is 3. The quantitative estimate of drug-likeness (QED) is 0.627. The maximum Gasteiger partial charge on any atom is 0.573 e. The number of nitrogens with zero attached hydrogens (tertiary/aromatic N) is 1. The van der Waals surface area contributed by atoms with Crippen LogP contribution in [0.2, 0.25) is 0 Å². The Kier molecular flexibility index (Phi) is 4.87. The lowest BCUT2D eigenvalue weighted by molar-refractivity contribution is -0.275. The van der Waals surface area contributed by atoms with Crippen LogP contribution < -0.4 is 4.74 Å². The number of carboxylic acids is 1. The number of hydrogen-bond donors (Lipinski definition) is 1. The van der Waals surface area contributed by atoms with Crippen LogP contribution in [0.1, 0.15) is 17.7 Å². The van der Waals surface area contributed by atoms with E-state index in [1.165, 1.54) is 22.6 Å². The highest BCUT2D eigenvalue weighted by Gasteiger charge is 2.35. The number of aromatic nitrogens is 1. The predicted molar refractivity (Wildman–Crippen MR) is 59.9 cm³/mol. The molecule has 106 valence electrons. The first-order valence-corrected chi connectivity index (χ1v) is 5.62. The fourth-order valence-electron chi connectivity index (χ4n) is 1.18. The molecule has 0 atom stereocenters. The van der Waals surface area contributed by atoms with Gasteiger partial charge in [-0.2, -0.15) is 0 Å². The van der Waals surface area contributed by atoms with Gasteiger partial charge in [0, 0.05) is 6.20 Å². The minimum Gasteiger partial charge on any atom is -0.481 e. The Labute approximate surface area is 116 Å². The molecule has 0 aliphatic rings. The van der Waals surface area contributed by atoms with E-state index in [0.717, 1.165) is 6.20 Å². The highest BCUT2D eigenvalue weighted by molar-refractivity contribution is 14.1. The van der Waals surface area contributed by atoms with Crippen LogP contribution in [0.4, 0.5) is 22.0 Å². The second-order valence-corrected chi connectivity index (χ2v) is 4.31. The third-order valence-electron chi connectivity index (χ3n) is 1.84. The second kappa shape index (κ2) is 5.84. The predicted octanol–water partition coefficient (Wildman–Crippen LogP) is 3.15. The highest BCUT2D eigenvalue weighted by Crippen LogP contribution is 2.36. The average Bonchev–Trinajstić information content (AvgIpc) is 2.21. The van der Waals surface area contributed by atoms with Crippen molar-refractivity contribution in [3.63, 3.8) is 0 Å². The van der Waals surface area contributed by atoms with Crippen molar-refractivity contribution in [3.8, 4) is 5.75 Å². The van der Waals surface area contributed by atoms with Gasteiger partial charge in [0.1, 0.15) is 5.69 Å². The summed E-state index contributed by atoms with van der Waals surface area (Å²) in [5, 5.41) is 8.55. The summed E-state index contributed by atoms with van der Waals surface area (Å²) in [4.78, 5) is 13.6. The molecule has 0 amide bonds. The topological polar surface area (TPSA) is 59.4 Å². The van der Waals surface area contributed by atoms with Crippen molar-refractivity contribution >= 4 is 28.6 Å². The molecule has 1 aromatic rings. The average molecular weight is 397 g/mol. The van der Waals surface area contributed by atoms with Gasteiger partial charge in [0.15, 0.2) is 5.75 Å². The van der Waals surface area contributed by atoms with Gasteiger partial charge in [0.2, 0.25) is 0 Å². The van der Waals surface area contributed by atoms with Gasteiger partial charge in [-0.15, -0.1) is 13.2 Å². The highest BCUT2D eigenvalue weighted by atomic mass is 127. The van der Waals surface area contributed by atoms with Crippen LogP contribution in [0.3, 0.4) is 0 Å². The minimum atomic E-state index is -5.17. The zero-order valence-electron chi connectivity index (χ0n) is 8.84. The van der Waals surface area contributed by atoms with Crippen molar-refractivity contribution in [3.05, 3.63) is 21.0 Å². The summed E-state index contributed by atoms with van der Waals surface area (Å²) in [6.45, 7) is 0. The monoisotopic (exact) mass is 397 g/mol. The molecule has 10 heteroatoms. The van der Waals surface area contributed by atoms with Crippen molar-refractivity contribution < 1.29 is 36.6 Å². The first kappa shape index (κ1) is 15.9. The third-order valence-corrected chi connectivity index (χ3v) is 3.02. The number of alkyl halides is 5. The van der Waals surface area contributed by atoms with Crippen LogP contribution >= 0.6 is 22.6 Å². The van der Waals surface area contributed by atoms with Crippen molar-refractivity contribution in [2.24, 2.45) is 0 Å². The van der Waals surface area contributed by atoms with E-state index in [2.05, 4.69) is 9.72 Å². The summed E-state index contributed by atoms with van der Waals surface area (Å²) < 4.78 is 64.7. The van der Waals surface area contributed by atoms with Gasteiger partial charge >= 0.3 is 12.3 Å². The summed E-state index contributed by atoms with van der Waals surface area (Å²) in [6, 6.07) is 0. The SMILES string of the molecule is O=C(O)Cc1cnc(C(F)F)c(OC(F)(F)F)c1I. The van der Waals surface area contributed by atoms with Crippen molar-refractivity contribution in [1.29, 1.82) is 0 Å². The third kappa shape index (κ3) is 4.44. The van der Waals surface area contributed by atoms with E-state index in [0.29, 0.717) is 0 Å². The van der Waals surface area contributed by atoms with E-state index in [9.17, 15) is 26.7 Å². The van der Waals surface area contributed by atoms with Gasteiger partial charge in [-0.1, -0.05) is 0 Å². The maximum atomic E-state index is 12.5. The number of aliphatic carboxylic acids is 1. The van der Waals surface area contributed by atoms with Crippen molar-refractivity contribution in [2.45, 2.75) is 19.2 Å². The van der Waals surface area contributed by atoms with Crippen LogP contribution in [0, 0.1) is 3.57 Å². The van der Waals surface area contributed by atoms with E-state index >= 15 is 0 Å². The van der Waals surface area contributed by atoms with Gasteiger partial charge in [-0.05, 0) is 28.2 Å². The zero-order valence-corrected chi connectivity index (χ0v) is 11.0. The molecule has 0 radical (unpaired) electrons. The molecule has 1 rings (SSSR count). The van der Waals surface area contributed by atoms with Crippen LogP contribution in [0.15, 0.2) is 6.20 Å². The summed E-state index contributed by atoms with van der Waals surface area (Å²) in [5.41, 5.74) is -1.33. The molecule has 0 saturated heterocycles. The fraction of sp³-hybridized carbons (Fsp3) is 0.333. The van der Waals surface area contributed by atoms with Crippen LogP contribution in [0.25, 0.3) is 0 Å². The Balaban J connectivity index is 3.31. The Morgan fingerprint density at radius 1 is 1.47 bits per heavy atom. The maximum absolute atomic E-state index is 12.5. The van der Waals surface area contributed by atoms with Gasteiger partial charge in [0.05, 0.1) is 9.99 Å². The molecule has 1 N–H and O–H groups in total. The van der Waals surface area contributed by atoms with Crippen molar-refractivity contribution in [1.82, 2.24) is 4.98 Å². The molecule has 1 heterocycles. The summed E-state index contributed by atoms with van der Waals surface area (Å²) in [6.07, 6.45) is -8.30. The summed E-state index contributed by atoms with van der Waals surface area (Å²) >= 11 is 1.31. The lowest BCUT2D eigenvalue weighted by atomic mass is 10.2. The molecule has 0 unspecified atom stereocenters. The number of carboxylic acid groups (broad SMARTS) is 1. The minimum absolute atomic E-state index is 0.142. The van der Waals surface area contributed by atoms with E-state index in [1.807, 2.05) is 0 Å². The standard InChI is InChI=1S/C9H5F5INO3/c10-8(11)6-7(19-9(12,13)14)5(15)3(2-16-6)1-4(17)18/h2,8H,1H2,(H,17,18). The van der Waals surface area contributed by atoms with E-state index < -0.39 is 36.6 Å². The van der Waals surface area contributed by atoms with Crippen LogP contribution in [0.5, 0.6) is 5.75 Å². The summed E-state index contributed by atoms with van der Waals surface area (Å²) in [5.74, 6) is -2.50. The first-order chi connectivity index (χ1) is 8.61. The van der Waals surface area contributed by atoms with Crippen LogP contribution in [-0.4, -0.2) is 22.4 Å².